The molecule has 2 rings (SSSR count). The molecule has 0 fully saturated rings. The molecule has 0 aromatic heterocycles. The summed E-state index contributed by atoms with van der Waals surface area (Å²) in [5, 5.41) is 2.97. The Kier molecular flexibility index (Phi) is 5.59. The van der Waals surface area contributed by atoms with Gasteiger partial charge in [0.2, 0.25) is 5.91 Å². The molecule has 0 saturated heterocycles. The molecule has 2 aromatic rings. The van der Waals surface area contributed by atoms with Crippen LogP contribution < -0.4 is 10.1 Å². The van der Waals surface area contributed by atoms with E-state index in [9.17, 15) is 4.79 Å². The fourth-order valence-electron chi connectivity index (χ4n) is 2.28. The topological polar surface area (TPSA) is 38.3 Å². The summed E-state index contributed by atoms with van der Waals surface area (Å²) in [4.78, 5) is 12.1. The van der Waals surface area contributed by atoms with Crippen molar-refractivity contribution in [1.29, 1.82) is 0 Å². The molecule has 0 saturated carbocycles. The van der Waals surface area contributed by atoms with Gasteiger partial charge < -0.3 is 10.1 Å². The first-order chi connectivity index (χ1) is 10.6. The lowest BCUT2D eigenvalue weighted by Crippen LogP contribution is -2.12. The molecule has 0 heterocycles. The number of methoxy groups -OCH3 is 1. The van der Waals surface area contributed by atoms with Gasteiger partial charge in [-0.05, 0) is 47.7 Å². The van der Waals surface area contributed by atoms with Gasteiger partial charge in [0.05, 0.1) is 7.11 Å². The first-order valence-electron chi connectivity index (χ1n) is 7.61. The molecule has 0 aliphatic rings. The lowest BCUT2D eigenvalue weighted by molar-refractivity contribution is -0.116. The van der Waals surface area contributed by atoms with E-state index in [0.29, 0.717) is 18.8 Å². The standard InChI is InChI=1S/C19H23NO2/c1-14(2)16-7-5-8-17(13-16)20-19(21)11-10-15-6-4-9-18(12-15)22-3/h4-9,12-14H,10-11H2,1-3H3,(H,20,21). The quantitative estimate of drug-likeness (QED) is 0.858. The van der Waals surface area contributed by atoms with E-state index >= 15 is 0 Å². The van der Waals surface area contributed by atoms with Crippen molar-refractivity contribution in [3.05, 3.63) is 59.7 Å². The largest absolute Gasteiger partial charge is 0.497 e. The molecule has 2 aromatic carbocycles. The Labute approximate surface area is 132 Å². The number of carbonyl (C=O) groups is 1. The lowest BCUT2D eigenvalue weighted by Gasteiger charge is -2.10. The zero-order valence-electron chi connectivity index (χ0n) is 13.4. The van der Waals surface area contributed by atoms with Crippen LogP contribution in [0.15, 0.2) is 48.5 Å². The van der Waals surface area contributed by atoms with Crippen molar-refractivity contribution in [2.75, 3.05) is 12.4 Å². The van der Waals surface area contributed by atoms with E-state index in [1.54, 1.807) is 7.11 Å². The van der Waals surface area contributed by atoms with Crippen molar-refractivity contribution in [1.82, 2.24) is 0 Å². The summed E-state index contributed by atoms with van der Waals surface area (Å²) in [7, 11) is 1.65. The Morgan fingerprint density at radius 2 is 1.91 bits per heavy atom. The number of rotatable bonds is 6. The number of ether oxygens (including phenoxy) is 1. The van der Waals surface area contributed by atoms with Crippen LogP contribution in [-0.2, 0) is 11.2 Å². The number of nitrogens with one attached hydrogen (secondary N) is 1. The predicted molar refractivity (Wildman–Crippen MR) is 90.5 cm³/mol. The maximum Gasteiger partial charge on any atom is 0.224 e. The first-order valence-corrected chi connectivity index (χ1v) is 7.61. The minimum absolute atomic E-state index is 0.0312. The Morgan fingerprint density at radius 1 is 1.14 bits per heavy atom. The Hall–Kier alpha value is -2.29. The number of hydrogen-bond donors (Lipinski definition) is 1. The van der Waals surface area contributed by atoms with Crippen molar-refractivity contribution in [2.24, 2.45) is 0 Å². The molecule has 3 heteroatoms. The second-order valence-corrected chi connectivity index (χ2v) is 5.68. The number of anilines is 1. The van der Waals surface area contributed by atoms with Crippen LogP contribution in [-0.4, -0.2) is 13.0 Å². The molecule has 0 atom stereocenters. The highest BCUT2D eigenvalue weighted by atomic mass is 16.5. The summed E-state index contributed by atoms with van der Waals surface area (Å²) in [6.45, 7) is 4.29. The highest BCUT2D eigenvalue weighted by molar-refractivity contribution is 5.90. The fourth-order valence-corrected chi connectivity index (χ4v) is 2.28. The van der Waals surface area contributed by atoms with Crippen molar-refractivity contribution in [3.8, 4) is 5.75 Å². The van der Waals surface area contributed by atoms with Crippen molar-refractivity contribution < 1.29 is 9.53 Å². The number of hydrogen-bond acceptors (Lipinski definition) is 2. The Morgan fingerprint density at radius 3 is 2.64 bits per heavy atom. The Bertz CT molecular complexity index is 635. The van der Waals surface area contributed by atoms with Crippen LogP contribution >= 0.6 is 0 Å². The van der Waals surface area contributed by atoms with E-state index in [-0.39, 0.29) is 5.91 Å². The third kappa shape index (κ3) is 4.62. The van der Waals surface area contributed by atoms with E-state index < -0.39 is 0 Å². The highest BCUT2D eigenvalue weighted by Gasteiger charge is 2.06. The predicted octanol–water partition coefficient (Wildman–Crippen LogP) is 4.39. The summed E-state index contributed by atoms with van der Waals surface area (Å²) in [5.41, 5.74) is 3.19. The van der Waals surface area contributed by atoms with Gasteiger partial charge in [-0.2, -0.15) is 0 Å². The fraction of sp³-hybridized carbons (Fsp3) is 0.316. The van der Waals surface area contributed by atoms with Gasteiger partial charge in [-0.3, -0.25) is 4.79 Å². The molecule has 0 aliphatic carbocycles. The van der Waals surface area contributed by atoms with Crippen molar-refractivity contribution in [3.63, 3.8) is 0 Å². The highest BCUT2D eigenvalue weighted by Crippen LogP contribution is 2.19. The normalized spacial score (nSPS) is 10.5. The zero-order chi connectivity index (χ0) is 15.9. The molecule has 0 aliphatic heterocycles. The number of benzene rings is 2. The van der Waals surface area contributed by atoms with Crippen LogP contribution in [0.25, 0.3) is 0 Å². The molecule has 116 valence electrons. The summed E-state index contributed by atoms with van der Waals surface area (Å²) >= 11 is 0. The minimum atomic E-state index is 0.0312. The maximum atomic E-state index is 12.1. The van der Waals surface area contributed by atoms with Crippen LogP contribution in [0.5, 0.6) is 5.75 Å². The van der Waals surface area contributed by atoms with Crippen molar-refractivity contribution >= 4 is 11.6 Å². The number of amides is 1. The molecule has 0 bridgehead atoms. The molecule has 22 heavy (non-hydrogen) atoms. The molecule has 1 amide bonds. The van der Waals surface area contributed by atoms with E-state index in [1.807, 2.05) is 42.5 Å². The zero-order valence-corrected chi connectivity index (χ0v) is 13.4. The number of aryl methyl sites for hydroxylation is 1. The molecule has 0 radical (unpaired) electrons. The third-order valence-electron chi connectivity index (χ3n) is 3.61. The van der Waals surface area contributed by atoms with Crippen molar-refractivity contribution in [2.45, 2.75) is 32.6 Å². The molecule has 3 nitrogen and oxygen atoms in total. The minimum Gasteiger partial charge on any atom is -0.497 e. The van der Waals surface area contributed by atoms with Gasteiger partial charge in [0.15, 0.2) is 0 Å². The summed E-state index contributed by atoms with van der Waals surface area (Å²) in [5.74, 6) is 1.31. The summed E-state index contributed by atoms with van der Waals surface area (Å²) in [6.07, 6.45) is 1.16. The molecular weight excluding hydrogens is 274 g/mol. The molecule has 0 unspecified atom stereocenters. The van der Waals surface area contributed by atoms with Crippen LogP contribution in [0, 0.1) is 0 Å². The van der Waals surface area contributed by atoms with E-state index in [2.05, 4.69) is 25.2 Å². The van der Waals surface area contributed by atoms with Crippen LogP contribution in [0.3, 0.4) is 0 Å². The average Bonchev–Trinajstić information content (AvgIpc) is 2.53. The summed E-state index contributed by atoms with van der Waals surface area (Å²) < 4.78 is 5.19. The van der Waals surface area contributed by atoms with E-state index in [1.165, 1.54) is 5.56 Å². The van der Waals surface area contributed by atoms with Crippen LogP contribution in [0.4, 0.5) is 5.69 Å². The molecule has 1 N–H and O–H groups in total. The van der Waals surface area contributed by atoms with Gasteiger partial charge in [-0.15, -0.1) is 0 Å². The monoisotopic (exact) mass is 297 g/mol. The average molecular weight is 297 g/mol. The van der Waals surface area contributed by atoms with Gasteiger partial charge in [0.1, 0.15) is 5.75 Å². The van der Waals surface area contributed by atoms with E-state index in [4.69, 9.17) is 4.74 Å². The second-order valence-electron chi connectivity index (χ2n) is 5.68. The van der Waals surface area contributed by atoms with Gasteiger partial charge >= 0.3 is 0 Å². The van der Waals surface area contributed by atoms with E-state index in [0.717, 1.165) is 17.0 Å². The van der Waals surface area contributed by atoms with Gasteiger partial charge in [-0.1, -0.05) is 38.1 Å². The number of carbonyl (C=O) groups excluding carboxylic acids is 1. The summed E-state index contributed by atoms with van der Waals surface area (Å²) in [6, 6.07) is 15.8. The van der Waals surface area contributed by atoms with Crippen LogP contribution in [0.2, 0.25) is 0 Å². The van der Waals surface area contributed by atoms with Crippen LogP contribution in [0.1, 0.15) is 37.3 Å². The SMILES string of the molecule is COc1cccc(CCC(=O)Nc2cccc(C(C)C)c2)c1. The first kappa shape index (κ1) is 16.1. The maximum absolute atomic E-state index is 12.1. The third-order valence-corrected chi connectivity index (χ3v) is 3.61. The molecule has 0 spiro atoms. The lowest BCUT2D eigenvalue weighted by atomic mass is 10.0. The van der Waals surface area contributed by atoms with Gasteiger partial charge in [0.25, 0.3) is 0 Å². The van der Waals surface area contributed by atoms with Gasteiger partial charge in [0, 0.05) is 12.1 Å². The second kappa shape index (κ2) is 7.64. The Balaban J connectivity index is 1.91. The molecular formula is C19H23NO2. The van der Waals surface area contributed by atoms with Gasteiger partial charge in [-0.25, -0.2) is 0 Å². The smallest absolute Gasteiger partial charge is 0.224 e.